The van der Waals surface area contributed by atoms with Crippen molar-refractivity contribution in [2.75, 3.05) is 13.7 Å². The zero-order chi connectivity index (χ0) is 15.9. The van der Waals surface area contributed by atoms with Gasteiger partial charge in [-0.1, -0.05) is 23.7 Å². The summed E-state index contributed by atoms with van der Waals surface area (Å²) in [5, 5.41) is 2.36. The van der Waals surface area contributed by atoms with Crippen molar-refractivity contribution in [2.45, 2.75) is 31.5 Å². The summed E-state index contributed by atoms with van der Waals surface area (Å²) < 4.78 is 43.9. The number of amides is 1. The van der Waals surface area contributed by atoms with E-state index in [2.05, 4.69) is 0 Å². The third-order valence-electron chi connectivity index (χ3n) is 2.84. The number of benzene rings is 1. The first-order valence-electron chi connectivity index (χ1n) is 6.45. The zero-order valence-corrected chi connectivity index (χ0v) is 12.3. The first-order valence-corrected chi connectivity index (χ1v) is 6.83. The van der Waals surface area contributed by atoms with E-state index in [0.717, 1.165) is 0 Å². The first-order chi connectivity index (χ1) is 9.84. The highest BCUT2D eigenvalue weighted by molar-refractivity contribution is 6.30. The molecule has 0 spiro atoms. The van der Waals surface area contributed by atoms with E-state index < -0.39 is 18.1 Å². The van der Waals surface area contributed by atoms with Crippen LogP contribution in [-0.4, -0.2) is 25.8 Å². The van der Waals surface area contributed by atoms with Crippen LogP contribution in [0.25, 0.3) is 0 Å². The number of rotatable bonds is 7. The van der Waals surface area contributed by atoms with E-state index in [1.165, 1.54) is 31.4 Å². The number of halogens is 4. The molecule has 0 heterocycles. The van der Waals surface area contributed by atoms with Crippen LogP contribution in [0.2, 0.25) is 5.02 Å². The van der Waals surface area contributed by atoms with E-state index in [0.29, 0.717) is 24.5 Å². The fourth-order valence-electron chi connectivity index (χ4n) is 1.77. The number of carbonyl (C=O) groups is 1. The number of unbranched alkanes of at least 4 members (excludes halogenated alkanes) is 1. The predicted octanol–water partition coefficient (Wildman–Crippen LogP) is 3.88. The van der Waals surface area contributed by atoms with Gasteiger partial charge in [-0.05, 0) is 30.5 Å². The average Bonchev–Trinajstić information content (AvgIpc) is 2.41. The van der Waals surface area contributed by atoms with Gasteiger partial charge in [0, 0.05) is 25.2 Å². The number of ether oxygens (including phenoxy) is 1. The number of alkyl halides is 3. The van der Waals surface area contributed by atoms with Gasteiger partial charge in [0.25, 0.3) is 0 Å². The van der Waals surface area contributed by atoms with Gasteiger partial charge in [0.1, 0.15) is 0 Å². The molecule has 0 radical (unpaired) electrons. The van der Waals surface area contributed by atoms with E-state index in [9.17, 15) is 18.0 Å². The number of hydrogen-bond donors (Lipinski definition) is 1. The lowest BCUT2D eigenvalue weighted by Gasteiger charge is -2.22. The minimum absolute atomic E-state index is 0.0313. The molecule has 0 aromatic heterocycles. The summed E-state index contributed by atoms with van der Waals surface area (Å²) in [5.74, 6) is -0.636. The molecule has 0 saturated carbocycles. The van der Waals surface area contributed by atoms with E-state index in [4.69, 9.17) is 16.3 Å². The Kier molecular flexibility index (Phi) is 6.98. The number of carbonyl (C=O) groups excluding carboxylic acids is 1. The molecule has 0 aliphatic carbocycles. The van der Waals surface area contributed by atoms with E-state index in [1.807, 2.05) is 5.32 Å². The van der Waals surface area contributed by atoms with Crippen molar-refractivity contribution in [2.24, 2.45) is 0 Å². The monoisotopic (exact) mass is 323 g/mol. The smallest absolute Gasteiger partial charge is 0.385 e. The molecule has 118 valence electrons. The Hall–Kier alpha value is -1.27. The van der Waals surface area contributed by atoms with Gasteiger partial charge < -0.3 is 10.1 Å². The Morgan fingerprint density at radius 3 is 2.43 bits per heavy atom. The maximum atomic E-state index is 13.0. The van der Waals surface area contributed by atoms with Crippen molar-refractivity contribution in [3.63, 3.8) is 0 Å². The predicted molar refractivity (Wildman–Crippen MR) is 74.1 cm³/mol. The van der Waals surface area contributed by atoms with Crippen LogP contribution in [-0.2, 0) is 9.53 Å². The normalized spacial score (nSPS) is 13.0. The van der Waals surface area contributed by atoms with Gasteiger partial charge in [0.15, 0.2) is 6.04 Å². The molecule has 0 saturated heterocycles. The lowest BCUT2D eigenvalue weighted by atomic mass is 10.1. The minimum atomic E-state index is -4.56. The SMILES string of the molecule is COCCCCC(=O)N[C@@H](c1ccc(Cl)cc1)C(F)(F)F. The maximum absolute atomic E-state index is 13.0. The zero-order valence-electron chi connectivity index (χ0n) is 11.5. The van der Waals surface area contributed by atoms with Gasteiger partial charge in [-0.15, -0.1) is 0 Å². The fraction of sp³-hybridized carbons (Fsp3) is 0.500. The second-order valence-corrected chi connectivity index (χ2v) is 4.98. The third-order valence-corrected chi connectivity index (χ3v) is 3.09. The van der Waals surface area contributed by atoms with Crippen LogP contribution in [0, 0.1) is 0 Å². The Labute approximate surface area is 126 Å². The average molecular weight is 324 g/mol. The molecule has 0 aliphatic heterocycles. The highest BCUT2D eigenvalue weighted by Gasteiger charge is 2.41. The molecule has 7 heteroatoms. The molecule has 1 aromatic carbocycles. The summed E-state index contributed by atoms with van der Waals surface area (Å²) in [6, 6.07) is 3.21. The van der Waals surface area contributed by atoms with Gasteiger partial charge in [-0.3, -0.25) is 4.79 Å². The van der Waals surface area contributed by atoms with E-state index in [1.54, 1.807) is 0 Å². The highest BCUT2D eigenvalue weighted by Crippen LogP contribution is 2.33. The molecule has 1 N–H and O–H groups in total. The van der Waals surface area contributed by atoms with Gasteiger partial charge in [-0.25, -0.2) is 0 Å². The van der Waals surface area contributed by atoms with Gasteiger partial charge in [-0.2, -0.15) is 13.2 Å². The second kappa shape index (κ2) is 8.24. The van der Waals surface area contributed by atoms with Crippen molar-refractivity contribution in [1.82, 2.24) is 5.32 Å². The molecule has 1 atom stereocenters. The molecule has 0 fully saturated rings. The lowest BCUT2D eigenvalue weighted by Crippen LogP contribution is -2.38. The summed E-state index contributed by atoms with van der Waals surface area (Å²) in [4.78, 5) is 11.6. The summed E-state index contributed by atoms with van der Waals surface area (Å²) >= 11 is 5.65. The van der Waals surface area contributed by atoms with Crippen LogP contribution in [0.4, 0.5) is 13.2 Å². The standard InChI is InChI=1S/C14H17ClF3NO2/c1-21-9-3-2-4-12(20)19-13(14(16,17)18)10-5-7-11(15)8-6-10/h5-8,13H,2-4,9H2,1H3,(H,19,20)/t13-/m0/s1. The molecular weight excluding hydrogens is 307 g/mol. The molecule has 0 bridgehead atoms. The van der Waals surface area contributed by atoms with Crippen molar-refractivity contribution in [3.05, 3.63) is 34.9 Å². The van der Waals surface area contributed by atoms with Gasteiger partial charge >= 0.3 is 6.18 Å². The van der Waals surface area contributed by atoms with Crippen LogP contribution in [0.15, 0.2) is 24.3 Å². The minimum Gasteiger partial charge on any atom is -0.385 e. The van der Waals surface area contributed by atoms with Crippen molar-refractivity contribution in [1.29, 1.82) is 0 Å². The van der Waals surface area contributed by atoms with Gasteiger partial charge in [0.05, 0.1) is 0 Å². The highest BCUT2D eigenvalue weighted by atomic mass is 35.5. The molecular formula is C14H17ClF3NO2. The fourth-order valence-corrected chi connectivity index (χ4v) is 1.90. The lowest BCUT2D eigenvalue weighted by molar-refractivity contribution is -0.163. The topological polar surface area (TPSA) is 38.3 Å². The van der Waals surface area contributed by atoms with Gasteiger partial charge in [0.2, 0.25) is 5.91 Å². The Morgan fingerprint density at radius 2 is 1.90 bits per heavy atom. The third kappa shape index (κ3) is 6.35. The quantitative estimate of drug-likeness (QED) is 0.773. The molecule has 1 amide bonds. The molecule has 1 rings (SSSR count). The first kappa shape index (κ1) is 17.8. The summed E-state index contributed by atoms with van der Waals surface area (Å²) in [5.41, 5.74) is -0.0443. The summed E-state index contributed by atoms with van der Waals surface area (Å²) in [6.07, 6.45) is -3.42. The molecule has 0 aliphatic rings. The number of nitrogens with one attached hydrogen (secondary N) is 1. The number of methoxy groups -OCH3 is 1. The molecule has 3 nitrogen and oxygen atoms in total. The number of hydrogen-bond acceptors (Lipinski definition) is 2. The largest absolute Gasteiger partial charge is 0.412 e. The van der Waals surface area contributed by atoms with Crippen LogP contribution >= 0.6 is 11.6 Å². The van der Waals surface area contributed by atoms with Crippen LogP contribution < -0.4 is 5.32 Å². The second-order valence-electron chi connectivity index (χ2n) is 4.54. The Morgan fingerprint density at radius 1 is 1.29 bits per heavy atom. The molecule has 0 unspecified atom stereocenters. The van der Waals surface area contributed by atoms with Crippen LogP contribution in [0.1, 0.15) is 30.9 Å². The van der Waals surface area contributed by atoms with E-state index >= 15 is 0 Å². The van der Waals surface area contributed by atoms with Crippen molar-refractivity contribution in [3.8, 4) is 0 Å². The Balaban J connectivity index is 2.67. The van der Waals surface area contributed by atoms with Crippen molar-refractivity contribution >= 4 is 17.5 Å². The van der Waals surface area contributed by atoms with Crippen molar-refractivity contribution < 1.29 is 22.7 Å². The van der Waals surface area contributed by atoms with E-state index in [-0.39, 0.29) is 12.0 Å². The Bertz CT molecular complexity index is 449. The van der Waals surface area contributed by atoms with Crippen LogP contribution in [0.5, 0.6) is 0 Å². The molecule has 21 heavy (non-hydrogen) atoms. The van der Waals surface area contributed by atoms with Crippen LogP contribution in [0.3, 0.4) is 0 Å². The summed E-state index contributed by atoms with van der Waals surface area (Å²) in [7, 11) is 1.53. The molecule has 1 aromatic rings. The maximum Gasteiger partial charge on any atom is 0.412 e. The summed E-state index contributed by atoms with van der Waals surface area (Å²) in [6.45, 7) is 0.479.